The Bertz CT molecular complexity index is 548. The number of para-hydroxylation sites is 2. The predicted molar refractivity (Wildman–Crippen MR) is 83.2 cm³/mol. The molecule has 2 aromatic rings. The highest BCUT2D eigenvalue weighted by Crippen LogP contribution is 2.27. The van der Waals surface area contributed by atoms with Gasteiger partial charge in [-0.05, 0) is 24.3 Å². The first-order chi connectivity index (χ1) is 9.61. The molecule has 0 aromatic heterocycles. The maximum absolute atomic E-state index is 11.5. The lowest BCUT2D eigenvalue weighted by atomic mass is 10.1. The number of nitrogens with zero attached hydrogens (tertiary/aromatic N) is 1. The molecule has 0 heterocycles. The van der Waals surface area contributed by atoms with Crippen LogP contribution < -0.4 is 10.6 Å². The second-order valence-corrected chi connectivity index (χ2v) is 4.66. The average molecular weight is 286 g/mol. The second-order valence-electron chi connectivity index (χ2n) is 4.18. The molecule has 0 aliphatic rings. The molecule has 0 spiro atoms. The van der Waals surface area contributed by atoms with Crippen LogP contribution in [0.5, 0.6) is 0 Å². The van der Waals surface area contributed by atoms with E-state index >= 15 is 0 Å². The van der Waals surface area contributed by atoms with Crippen LogP contribution >= 0.6 is 12.2 Å². The minimum absolute atomic E-state index is 0.0785. The van der Waals surface area contributed by atoms with Gasteiger partial charge in [-0.25, -0.2) is 4.79 Å². The first-order valence-electron chi connectivity index (χ1n) is 6.02. The highest BCUT2D eigenvalue weighted by Gasteiger charge is 2.29. The van der Waals surface area contributed by atoms with Crippen LogP contribution in [-0.4, -0.2) is 22.1 Å². The Morgan fingerprint density at radius 3 is 1.70 bits per heavy atom. The number of carboxylic acid groups (broad SMARTS) is 1. The molecule has 2 rings (SSSR count). The number of carboxylic acids is 1. The molecule has 0 radical (unpaired) electrons. The monoisotopic (exact) mass is 286 g/mol. The highest BCUT2D eigenvalue weighted by molar-refractivity contribution is 7.80. The van der Waals surface area contributed by atoms with Gasteiger partial charge in [-0.3, -0.25) is 0 Å². The van der Waals surface area contributed by atoms with Gasteiger partial charge in [0.05, 0.1) is 0 Å². The molecule has 0 fully saturated rings. The van der Waals surface area contributed by atoms with Gasteiger partial charge in [0, 0.05) is 11.4 Å². The number of hydrogen-bond donors (Lipinski definition) is 2. The first-order valence-corrected chi connectivity index (χ1v) is 6.43. The van der Waals surface area contributed by atoms with Crippen LogP contribution in [0.25, 0.3) is 0 Å². The van der Waals surface area contributed by atoms with E-state index in [1.54, 1.807) is 4.90 Å². The fourth-order valence-corrected chi connectivity index (χ4v) is 2.19. The number of carbonyl (C=O) groups is 1. The van der Waals surface area contributed by atoms with Crippen molar-refractivity contribution in [3.63, 3.8) is 0 Å². The SMILES string of the molecule is NC(=S)[C@@H](C(=O)O)N(c1ccccc1)c1ccccc1. The van der Waals surface area contributed by atoms with Gasteiger partial charge < -0.3 is 15.7 Å². The molecule has 0 amide bonds. The van der Waals surface area contributed by atoms with Crippen molar-refractivity contribution in [2.45, 2.75) is 6.04 Å². The zero-order chi connectivity index (χ0) is 14.5. The van der Waals surface area contributed by atoms with Gasteiger partial charge in [0.2, 0.25) is 0 Å². The number of benzene rings is 2. The van der Waals surface area contributed by atoms with Gasteiger partial charge >= 0.3 is 5.97 Å². The Balaban J connectivity index is 2.55. The Labute approximate surface area is 122 Å². The molecular weight excluding hydrogens is 272 g/mol. The summed E-state index contributed by atoms with van der Waals surface area (Å²) in [5.74, 6) is -1.08. The number of thiocarbonyl (C=S) groups is 1. The third-order valence-electron chi connectivity index (χ3n) is 2.83. The van der Waals surface area contributed by atoms with E-state index in [9.17, 15) is 9.90 Å². The van der Waals surface area contributed by atoms with Gasteiger partial charge in [0.15, 0.2) is 6.04 Å². The third-order valence-corrected chi connectivity index (χ3v) is 3.05. The lowest BCUT2D eigenvalue weighted by molar-refractivity contribution is -0.136. The van der Waals surface area contributed by atoms with E-state index in [0.717, 1.165) is 11.4 Å². The van der Waals surface area contributed by atoms with E-state index in [-0.39, 0.29) is 4.99 Å². The van der Waals surface area contributed by atoms with E-state index < -0.39 is 12.0 Å². The van der Waals surface area contributed by atoms with Gasteiger partial charge in [0.1, 0.15) is 4.99 Å². The lowest BCUT2D eigenvalue weighted by Gasteiger charge is -2.30. The van der Waals surface area contributed by atoms with Crippen LogP contribution in [0, 0.1) is 0 Å². The molecule has 1 atom stereocenters. The molecule has 3 N–H and O–H groups in total. The molecule has 0 aliphatic heterocycles. The van der Waals surface area contributed by atoms with E-state index in [1.165, 1.54) is 0 Å². The standard InChI is InChI=1S/C15H14N2O2S/c16-14(20)13(15(18)19)17(11-7-3-1-4-8-11)12-9-5-2-6-10-12/h1-10,13H,(H2,16,20)(H,18,19)/t13-/m0/s1. The Morgan fingerprint density at radius 2 is 1.40 bits per heavy atom. The summed E-state index contributed by atoms with van der Waals surface area (Å²) >= 11 is 4.92. The number of nitrogens with two attached hydrogens (primary N) is 1. The maximum atomic E-state index is 11.5. The fraction of sp³-hybridized carbons (Fsp3) is 0.0667. The molecule has 0 saturated carbocycles. The third kappa shape index (κ3) is 2.95. The van der Waals surface area contributed by atoms with E-state index in [2.05, 4.69) is 0 Å². The fourth-order valence-electron chi connectivity index (χ4n) is 1.98. The summed E-state index contributed by atoms with van der Waals surface area (Å²) in [5.41, 5.74) is 7.06. The van der Waals surface area contributed by atoms with E-state index in [1.807, 2.05) is 60.7 Å². The quantitative estimate of drug-likeness (QED) is 0.827. The molecule has 5 heteroatoms. The van der Waals surface area contributed by atoms with E-state index in [0.29, 0.717) is 0 Å². The summed E-state index contributed by atoms with van der Waals surface area (Å²) < 4.78 is 0. The summed E-state index contributed by atoms with van der Waals surface area (Å²) in [6.45, 7) is 0. The van der Waals surface area contributed by atoms with Crippen molar-refractivity contribution in [1.29, 1.82) is 0 Å². The molecule has 102 valence electrons. The van der Waals surface area contributed by atoms with Gasteiger partial charge in [-0.2, -0.15) is 0 Å². The molecule has 0 bridgehead atoms. The smallest absolute Gasteiger partial charge is 0.333 e. The van der Waals surface area contributed by atoms with E-state index in [4.69, 9.17) is 18.0 Å². The molecule has 20 heavy (non-hydrogen) atoms. The molecular formula is C15H14N2O2S. The number of anilines is 2. The normalized spacial score (nSPS) is 11.6. The molecule has 0 unspecified atom stereocenters. The van der Waals surface area contributed by atoms with Crippen LogP contribution in [0.1, 0.15) is 0 Å². The largest absolute Gasteiger partial charge is 0.479 e. The highest BCUT2D eigenvalue weighted by atomic mass is 32.1. The average Bonchev–Trinajstić information content (AvgIpc) is 2.45. The lowest BCUT2D eigenvalue weighted by Crippen LogP contribution is -2.47. The van der Waals surface area contributed by atoms with Crippen LogP contribution in [0.4, 0.5) is 11.4 Å². The minimum atomic E-state index is -1.09. The summed E-state index contributed by atoms with van der Waals surface area (Å²) in [5, 5.41) is 9.43. The predicted octanol–water partition coefficient (Wildman–Crippen LogP) is 2.56. The summed E-state index contributed by atoms with van der Waals surface area (Å²) in [7, 11) is 0. The topological polar surface area (TPSA) is 66.6 Å². The van der Waals surface area contributed by atoms with Crippen molar-refractivity contribution in [3.8, 4) is 0 Å². The van der Waals surface area contributed by atoms with Crippen LogP contribution in [0.2, 0.25) is 0 Å². The zero-order valence-electron chi connectivity index (χ0n) is 10.6. The molecule has 0 aliphatic carbocycles. The van der Waals surface area contributed by atoms with Gasteiger partial charge in [-0.15, -0.1) is 0 Å². The second kappa shape index (κ2) is 6.16. The van der Waals surface area contributed by atoms with Crippen LogP contribution in [0.15, 0.2) is 60.7 Å². The van der Waals surface area contributed by atoms with Crippen molar-refractivity contribution in [3.05, 3.63) is 60.7 Å². The summed E-state index contributed by atoms with van der Waals surface area (Å²) in [6, 6.07) is 17.3. The van der Waals surface area contributed by atoms with Crippen molar-refractivity contribution in [2.24, 2.45) is 5.73 Å². The number of rotatable bonds is 5. The van der Waals surface area contributed by atoms with Crippen molar-refractivity contribution >= 4 is 34.6 Å². The Morgan fingerprint density at radius 1 is 1.00 bits per heavy atom. The number of aliphatic carboxylic acids is 1. The van der Waals surface area contributed by atoms with Gasteiger partial charge in [-0.1, -0.05) is 48.6 Å². The molecule has 0 saturated heterocycles. The first kappa shape index (κ1) is 14.0. The molecule has 4 nitrogen and oxygen atoms in total. The summed E-state index contributed by atoms with van der Waals surface area (Å²) in [4.78, 5) is 13.1. The Kier molecular flexibility index (Phi) is 4.32. The van der Waals surface area contributed by atoms with Crippen LogP contribution in [0.3, 0.4) is 0 Å². The van der Waals surface area contributed by atoms with Crippen molar-refractivity contribution < 1.29 is 9.90 Å². The number of hydrogen-bond acceptors (Lipinski definition) is 3. The van der Waals surface area contributed by atoms with Gasteiger partial charge in [0.25, 0.3) is 0 Å². The Hall–Kier alpha value is -2.40. The summed E-state index contributed by atoms with van der Waals surface area (Å²) in [6.07, 6.45) is 0. The zero-order valence-corrected chi connectivity index (χ0v) is 11.5. The van der Waals surface area contributed by atoms with Crippen LogP contribution in [-0.2, 0) is 4.79 Å². The van der Waals surface area contributed by atoms with Crippen molar-refractivity contribution in [2.75, 3.05) is 4.90 Å². The van der Waals surface area contributed by atoms with Crippen molar-refractivity contribution in [1.82, 2.24) is 0 Å². The maximum Gasteiger partial charge on any atom is 0.333 e. The molecule has 2 aromatic carbocycles. The minimum Gasteiger partial charge on any atom is -0.479 e.